The van der Waals surface area contributed by atoms with Crippen molar-refractivity contribution in [1.82, 2.24) is 9.99 Å². The van der Waals surface area contributed by atoms with E-state index in [9.17, 15) is 9.59 Å². The van der Waals surface area contributed by atoms with Crippen molar-refractivity contribution < 1.29 is 14.3 Å². The van der Waals surface area contributed by atoms with Crippen LogP contribution in [0.1, 0.15) is 56.1 Å². The lowest BCUT2D eigenvalue weighted by Gasteiger charge is -2.12. The zero-order valence-corrected chi connectivity index (χ0v) is 16.8. The van der Waals surface area contributed by atoms with Crippen LogP contribution in [0.5, 0.6) is 11.5 Å². The van der Waals surface area contributed by atoms with E-state index in [1.165, 1.54) is 16.8 Å². The Labute approximate surface area is 165 Å². The van der Waals surface area contributed by atoms with Gasteiger partial charge in [0.05, 0.1) is 19.4 Å². The molecule has 0 saturated heterocycles. The summed E-state index contributed by atoms with van der Waals surface area (Å²) in [6, 6.07) is 8.54. The van der Waals surface area contributed by atoms with Crippen LogP contribution in [-0.4, -0.2) is 29.9 Å². The van der Waals surface area contributed by atoms with E-state index in [0.717, 1.165) is 12.0 Å². The molecule has 1 aromatic carbocycles. The quantitative estimate of drug-likeness (QED) is 0.530. The largest absolute Gasteiger partial charge is 0.490 e. The molecule has 2 aromatic rings. The molecule has 0 fully saturated rings. The summed E-state index contributed by atoms with van der Waals surface area (Å²) in [5, 5.41) is 3.96. The number of carbonyl (C=O) groups is 1. The van der Waals surface area contributed by atoms with Crippen molar-refractivity contribution in [2.45, 2.75) is 40.2 Å². The van der Waals surface area contributed by atoms with Gasteiger partial charge in [-0.15, -0.1) is 0 Å². The highest BCUT2D eigenvalue weighted by Crippen LogP contribution is 2.28. The summed E-state index contributed by atoms with van der Waals surface area (Å²) < 4.78 is 12.8. The second-order valence-electron chi connectivity index (χ2n) is 6.41. The second kappa shape index (κ2) is 10.3. The number of rotatable bonds is 9. The van der Waals surface area contributed by atoms with E-state index in [4.69, 9.17) is 9.47 Å². The van der Waals surface area contributed by atoms with Gasteiger partial charge in [-0.3, -0.25) is 9.59 Å². The molecule has 28 heavy (non-hydrogen) atoms. The lowest BCUT2D eigenvalue weighted by molar-refractivity contribution is 0.0953. The smallest absolute Gasteiger partial charge is 0.276 e. The molecular weight excluding hydrogens is 358 g/mol. The van der Waals surface area contributed by atoms with E-state index in [1.54, 1.807) is 18.3 Å². The minimum absolute atomic E-state index is 0.0332. The third kappa shape index (κ3) is 5.45. The number of amides is 1. The van der Waals surface area contributed by atoms with Crippen molar-refractivity contribution >= 4 is 12.1 Å². The Balaban J connectivity index is 2.12. The first kappa shape index (κ1) is 21.2. The van der Waals surface area contributed by atoms with E-state index in [-0.39, 0.29) is 17.2 Å². The molecule has 150 valence electrons. The van der Waals surface area contributed by atoms with Crippen LogP contribution in [0.15, 0.2) is 46.4 Å². The van der Waals surface area contributed by atoms with Gasteiger partial charge in [0.1, 0.15) is 5.56 Å². The Morgan fingerprint density at radius 3 is 2.68 bits per heavy atom. The Hall–Kier alpha value is -3.09. The van der Waals surface area contributed by atoms with Crippen LogP contribution in [0.25, 0.3) is 0 Å². The summed E-state index contributed by atoms with van der Waals surface area (Å²) in [7, 11) is 0. The Bertz CT molecular complexity index is 887. The fourth-order valence-electron chi connectivity index (χ4n) is 2.52. The molecule has 0 spiro atoms. The van der Waals surface area contributed by atoms with Gasteiger partial charge in [0.25, 0.3) is 11.5 Å². The van der Waals surface area contributed by atoms with Crippen LogP contribution in [0.4, 0.5) is 0 Å². The van der Waals surface area contributed by atoms with Crippen LogP contribution >= 0.6 is 0 Å². The Morgan fingerprint density at radius 2 is 2.00 bits per heavy atom. The van der Waals surface area contributed by atoms with Gasteiger partial charge in [-0.2, -0.15) is 5.10 Å². The highest BCUT2D eigenvalue weighted by molar-refractivity contribution is 5.94. The van der Waals surface area contributed by atoms with Crippen molar-refractivity contribution in [3.05, 3.63) is 58.0 Å². The number of ether oxygens (including phenoxy) is 2. The summed E-state index contributed by atoms with van der Waals surface area (Å²) >= 11 is 0. The number of hydrogen-bond donors (Lipinski definition) is 1. The number of benzene rings is 1. The molecule has 2 rings (SSSR count). The number of nitrogens with zero attached hydrogens (tertiary/aromatic N) is 2. The maximum absolute atomic E-state index is 12.3. The average Bonchev–Trinajstić information content (AvgIpc) is 2.67. The summed E-state index contributed by atoms with van der Waals surface area (Å²) in [6.07, 6.45) is 4.05. The van der Waals surface area contributed by atoms with Gasteiger partial charge >= 0.3 is 0 Å². The molecule has 0 unspecified atom stereocenters. The van der Waals surface area contributed by atoms with E-state index in [2.05, 4.69) is 10.5 Å². The van der Waals surface area contributed by atoms with Gasteiger partial charge in [0.15, 0.2) is 11.5 Å². The fourth-order valence-corrected chi connectivity index (χ4v) is 2.52. The van der Waals surface area contributed by atoms with Gasteiger partial charge in [-0.05, 0) is 63.1 Å². The summed E-state index contributed by atoms with van der Waals surface area (Å²) in [4.78, 5) is 24.6. The number of pyridine rings is 1. The van der Waals surface area contributed by atoms with Gasteiger partial charge in [-0.25, -0.2) is 5.43 Å². The molecule has 0 radical (unpaired) electrons. The summed E-state index contributed by atoms with van der Waals surface area (Å²) in [6.45, 7) is 8.81. The zero-order chi connectivity index (χ0) is 20.5. The molecule has 0 aliphatic carbocycles. The first-order chi connectivity index (χ1) is 13.5. The molecule has 0 saturated carbocycles. The number of carbonyl (C=O) groups excluding carboxylic acids is 1. The minimum atomic E-state index is -0.552. The van der Waals surface area contributed by atoms with Crippen LogP contribution < -0.4 is 20.5 Å². The van der Waals surface area contributed by atoms with Crippen LogP contribution in [0.2, 0.25) is 0 Å². The molecule has 1 N–H and O–H groups in total. The van der Waals surface area contributed by atoms with Crippen molar-refractivity contribution in [3.63, 3.8) is 0 Å². The standard InChI is InChI=1S/C21H27N3O4/c1-5-12-28-18-10-9-16(13-19(18)27-6-2)14-22-23-20(25)17-8-7-11-24(15(3)4)21(17)26/h7-11,13-15H,5-6,12H2,1-4H3,(H,23,25)/b22-14-. The van der Waals surface area contributed by atoms with Gasteiger partial charge < -0.3 is 14.0 Å². The molecular formula is C21H27N3O4. The molecule has 7 heteroatoms. The molecule has 0 aliphatic heterocycles. The van der Waals surface area contributed by atoms with Crippen molar-refractivity contribution in [3.8, 4) is 11.5 Å². The zero-order valence-electron chi connectivity index (χ0n) is 16.8. The van der Waals surface area contributed by atoms with E-state index >= 15 is 0 Å². The summed E-state index contributed by atoms with van der Waals surface area (Å²) in [5.74, 6) is 0.738. The molecule has 1 heterocycles. The van der Waals surface area contributed by atoms with Crippen molar-refractivity contribution in [2.24, 2.45) is 5.10 Å². The first-order valence-electron chi connectivity index (χ1n) is 9.42. The molecule has 7 nitrogen and oxygen atoms in total. The molecule has 1 aromatic heterocycles. The monoisotopic (exact) mass is 385 g/mol. The number of hydrazone groups is 1. The van der Waals surface area contributed by atoms with Gasteiger partial charge in [0, 0.05) is 12.2 Å². The average molecular weight is 385 g/mol. The van der Waals surface area contributed by atoms with Crippen LogP contribution in [0, 0.1) is 0 Å². The number of hydrogen-bond acceptors (Lipinski definition) is 5. The Kier molecular flexibility index (Phi) is 7.80. The minimum Gasteiger partial charge on any atom is -0.490 e. The Morgan fingerprint density at radius 1 is 1.21 bits per heavy atom. The SMILES string of the molecule is CCCOc1ccc(/C=N\NC(=O)c2cccn(C(C)C)c2=O)cc1OCC. The predicted molar refractivity (Wildman–Crippen MR) is 110 cm³/mol. The lowest BCUT2D eigenvalue weighted by Crippen LogP contribution is -2.31. The molecule has 1 amide bonds. The first-order valence-corrected chi connectivity index (χ1v) is 9.42. The molecule has 0 bridgehead atoms. The van der Waals surface area contributed by atoms with E-state index in [1.807, 2.05) is 39.8 Å². The van der Waals surface area contributed by atoms with Crippen LogP contribution in [-0.2, 0) is 0 Å². The lowest BCUT2D eigenvalue weighted by atomic mass is 10.2. The summed E-state index contributed by atoms with van der Waals surface area (Å²) in [5.41, 5.74) is 2.84. The number of aromatic nitrogens is 1. The third-order valence-corrected chi connectivity index (χ3v) is 3.88. The van der Waals surface area contributed by atoms with E-state index in [0.29, 0.717) is 24.7 Å². The van der Waals surface area contributed by atoms with Gasteiger partial charge in [-0.1, -0.05) is 6.92 Å². The maximum Gasteiger partial charge on any atom is 0.276 e. The maximum atomic E-state index is 12.3. The van der Waals surface area contributed by atoms with Crippen molar-refractivity contribution in [2.75, 3.05) is 13.2 Å². The van der Waals surface area contributed by atoms with Crippen molar-refractivity contribution in [1.29, 1.82) is 0 Å². The fraction of sp³-hybridized carbons (Fsp3) is 0.381. The number of nitrogens with one attached hydrogen (secondary N) is 1. The highest BCUT2D eigenvalue weighted by Gasteiger charge is 2.12. The predicted octanol–water partition coefficient (Wildman–Crippen LogP) is 3.38. The molecule has 0 atom stereocenters. The topological polar surface area (TPSA) is 81.9 Å². The highest BCUT2D eigenvalue weighted by atomic mass is 16.5. The second-order valence-corrected chi connectivity index (χ2v) is 6.41. The van der Waals surface area contributed by atoms with Gasteiger partial charge in [0.2, 0.25) is 0 Å². The van der Waals surface area contributed by atoms with E-state index < -0.39 is 5.91 Å². The molecule has 0 aliphatic rings. The normalized spacial score (nSPS) is 11.0. The third-order valence-electron chi connectivity index (χ3n) is 3.88. The van der Waals surface area contributed by atoms with Crippen LogP contribution in [0.3, 0.4) is 0 Å².